The predicted molar refractivity (Wildman–Crippen MR) is 122 cm³/mol. The number of carboxylic acid groups (broad SMARTS) is 1. The maximum absolute atomic E-state index is 14.9. The van der Waals surface area contributed by atoms with Crippen LogP contribution in [0.2, 0.25) is 0 Å². The molecule has 2 aromatic carbocycles. The summed E-state index contributed by atoms with van der Waals surface area (Å²) in [6.07, 6.45) is 7.59. The minimum Gasteiger partial charge on any atom is -0.478 e. The van der Waals surface area contributed by atoms with Crippen LogP contribution >= 0.6 is 23.5 Å². The number of aromatic carboxylic acids is 1. The minimum atomic E-state index is -0.952. The van der Waals surface area contributed by atoms with Gasteiger partial charge in [0.25, 0.3) is 0 Å². The number of benzene rings is 2. The average Bonchev–Trinajstić information content (AvgIpc) is 3.23. The van der Waals surface area contributed by atoms with Crippen molar-refractivity contribution >= 4 is 35.1 Å². The Morgan fingerprint density at radius 1 is 1.19 bits per heavy atom. The van der Waals surface area contributed by atoms with E-state index in [-0.39, 0.29) is 11.4 Å². The molecule has 1 aliphatic rings. The van der Waals surface area contributed by atoms with E-state index in [1.54, 1.807) is 30.5 Å². The summed E-state index contributed by atoms with van der Waals surface area (Å²) in [5, 5.41) is 9.40. The van der Waals surface area contributed by atoms with Gasteiger partial charge in [-0.05, 0) is 84.2 Å². The summed E-state index contributed by atoms with van der Waals surface area (Å²) in [6, 6.07) is 14.1. The monoisotopic (exact) mass is 451 g/mol. The second-order valence-electron chi connectivity index (χ2n) is 7.35. The van der Waals surface area contributed by atoms with Gasteiger partial charge in [0.05, 0.1) is 21.8 Å². The highest BCUT2D eigenvalue weighted by Crippen LogP contribution is 2.45. The molecule has 2 heterocycles. The van der Waals surface area contributed by atoms with E-state index in [1.807, 2.05) is 35.2 Å². The molecule has 1 aliphatic carbocycles. The Balaban J connectivity index is 1.53. The summed E-state index contributed by atoms with van der Waals surface area (Å²) in [6.45, 7) is 0. The van der Waals surface area contributed by atoms with E-state index in [9.17, 15) is 14.3 Å². The molecule has 0 spiro atoms. The third kappa shape index (κ3) is 4.08. The van der Waals surface area contributed by atoms with Crippen molar-refractivity contribution in [2.24, 2.45) is 0 Å². The van der Waals surface area contributed by atoms with Crippen LogP contribution < -0.4 is 4.72 Å². The Morgan fingerprint density at radius 2 is 2.00 bits per heavy atom. The quantitative estimate of drug-likeness (QED) is 0.317. The smallest absolute Gasteiger partial charge is 0.335 e. The zero-order valence-corrected chi connectivity index (χ0v) is 17.9. The Labute approximate surface area is 186 Å². The van der Waals surface area contributed by atoms with Crippen LogP contribution in [-0.2, 0) is 0 Å². The third-order valence-corrected chi connectivity index (χ3v) is 6.90. The van der Waals surface area contributed by atoms with Crippen LogP contribution in [0.1, 0.15) is 34.7 Å². The maximum Gasteiger partial charge on any atom is 0.335 e. The normalized spacial score (nSPS) is 13.3. The number of halogens is 1. The lowest BCUT2D eigenvalue weighted by Gasteiger charge is -2.16. The van der Waals surface area contributed by atoms with Crippen molar-refractivity contribution < 1.29 is 14.3 Å². The highest BCUT2D eigenvalue weighted by atomic mass is 32.2. The first-order valence-corrected chi connectivity index (χ1v) is 11.4. The van der Waals surface area contributed by atoms with Crippen molar-refractivity contribution in [3.63, 3.8) is 0 Å². The van der Waals surface area contributed by atoms with Crippen LogP contribution in [0.3, 0.4) is 0 Å². The van der Waals surface area contributed by atoms with Crippen molar-refractivity contribution in [2.75, 3.05) is 4.72 Å². The summed E-state index contributed by atoms with van der Waals surface area (Å²) >= 11 is 2.60. The number of rotatable bonds is 7. The fourth-order valence-corrected chi connectivity index (χ4v) is 5.03. The van der Waals surface area contributed by atoms with Crippen LogP contribution in [0.25, 0.3) is 16.1 Å². The van der Waals surface area contributed by atoms with Crippen LogP contribution in [0, 0.1) is 5.82 Å². The van der Waals surface area contributed by atoms with Gasteiger partial charge in [-0.15, -0.1) is 0 Å². The molecule has 0 amide bonds. The highest BCUT2D eigenvalue weighted by molar-refractivity contribution is 8.00. The van der Waals surface area contributed by atoms with Crippen molar-refractivity contribution in [3.8, 4) is 16.1 Å². The first-order chi connectivity index (χ1) is 15.1. The van der Waals surface area contributed by atoms with E-state index in [0.29, 0.717) is 17.2 Å². The zero-order chi connectivity index (χ0) is 21.4. The topological polar surface area (TPSA) is 67.2 Å². The first-order valence-electron chi connectivity index (χ1n) is 9.78. The van der Waals surface area contributed by atoms with Crippen LogP contribution in [-0.4, -0.2) is 20.0 Å². The van der Waals surface area contributed by atoms with Crippen LogP contribution in [0.4, 0.5) is 10.1 Å². The fraction of sp³-hybridized carbons (Fsp3) is 0.130. The van der Waals surface area contributed by atoms with Gasteiger partial charge in [-0.1, -0.05) is 6.07 Å². The number of carboxylic acids is 1. The molecule has 8 heteroatoms. The van der Waals surface area contributed by atoms with Gasteiger partial charge in [0.1, 0.15) is 5.82 Å². The number of nitrogens with one attached hydrogen (secondary N) is 1. The Hall–Kier alpha value is -3.10. The highest BCUT2D eigenvalue weighted by Gasteiger charge is 2.27. The number of hydrogen-bond acceptors (Lipinski definition) is 5. The SMILES string of the molecule is O=C(O)c1ccc(C2CC2)c(SNc2cc(-c3ccns3)c(F)cc2-n2cccc2)c1. The molecular formula is C23H18FN3O2S2. The molecule has 0 unspecified atom stereocenters. The third-order valence-electron chi connectivity index (χ3n) is 5.22. The molecule has 0 saturated heterocycles. The molecule has 0 atom stereocenters. The molecule has 0 radical (unpaired) electrons. The molecule has 4 aromatic rings. The zero-order valence-electron chi connectivity index (χ0n) is 16.3. The van der Waals surface area contributed by atoms with E-state index in [2.05, 4.69) is 9.10 Å². The van der Waals surface area contributed by atoms with Crippen molar-refractivity contribution in [2.45, 2.75) is 23.7 Å². The van der Waals surface area contributed by atoms with Gasteiger partial charge in [-0.2, -0.15) is 0 Å². The number of carbonyl (C=O) groups is 1. The second kappa shape index (κ2) is 8.20. The Bertz CT molecular complexity index is 1240. The maximum atomic E-state index is 14.9. The predicted octanol–water partition coefficient (Wildman–Crippen LogP) is 6.43. The van der Waals surface area contributed by atoms with Gasteiger partial charge in [-0.3, -0.25) is 0 Å². The molecule has 5 nitrogen and oxygen atoms in total. The molecule has 0 bridgehead atoms. The van der Waals surface area contributed by atoms with Gasteiger partial charge in [0.15, 0.2) is 0 Å². The van der Waals surface area contributed by atoms with Gasteiger partial charge >= 0.3 is 5.97 Å². The standard InChI is InChI=1S/C23H18FN3O2S2/c24-18-13-20(27-9-1-2-10-27)19(12-17(18)21-7-8-25-30-21)26-31-22-11-15(23(28)29)5-6-16(22)14-3-4-14/h1-2,5-14,26H,3-4H2,(H,28,29). The molecule has 2 aromatic heterocycles. The van der Waals surface area contributed by atoms with E-state index in [0.717, 1.165) is 33.9 Å². The Morgan fingerprint density at radius 3 is 2.68 bits per heavy atom. The van der Waals surface area contributed by atoms with Crippen LogP contribution in [0.5, 0.6) is 0 Å². The van der Waals surface area contributed by atoms with Gasteiger partial charge < -0.3 is 14.4 Å². The van der Waals surface area contributed by atoms with Crippen LogP contribution in [0.15, 0.2) is 72.0 Å². The molecule has 1 saturated carbocycles. The number of nitrogens with zero attached hydrogens (tertiary/aromatic N) is 2. The van der Waals surface area contributed by atoms with E-state index >= 15 is 0 Å². The van der Waals surface area contributed by atoms with Crippen molar-refractivity contribution in [1.82, 2.24) is 8.94 Å². The van der Waals surface area contributed by atoms with Gasteiger partial charge in [-0.25, -0.2) is 13.6 Å². The molecule has 2 N–H and O–H groups in total. The number of aromatic nitrogens is 2. The van der Waals surface area contributed by atoms with E-state index < -0.39 is 5.97 Å². The molecule has 0 aliphatic heterocycles. The summed E-state index contributed by atoms with van der Waals surface area (Å²) in [7, 11) is 0. The van der Waals surface area contributed by atoms with E-state index in [4.69, 9.17) is 0 Å². The summed E-state index contributed by atoms with van der Waals surface area (Å²) in [5.74, 6) is -0.807. The molecule has 5 rings (SSSR count). The summed E-state index contributed by atoms with van der Waals surface area (Å²) in [5.41, 5.74) is 3.28. The lowest BCUT2D eigenvalue weighted by atomic mass is 10.1. The summed E-state index contributed by atoms with van der Waals surface area (Å²) in [4.78, 5) is 13.1. The van der Waals surface area contributed by atoms with E-state index in [1.165, 1.54) is 29.5 Å². The summed E-state index contributed by atoms with van der Waals surface area (Å²) < 4.78 is 24.2. The molecular weight excluding hydrogens is 433 g/mol. The first kappa shape index (κ1) is 19.8. The Kier molecular flexibility index (Phi) is 5.25. The number of hydrogen-bond donors (Lipinski definition) is 2. The van der Waals surface area contributed by atoms with Gasteiger partial charge in [0.2, 0.25) is 0 Å². The van der Waals surface area contributed by atoms with Crippen molar-refractivity contribution in [1.29, 1.82) is 0 Å². The number of anilines is 1. The van der Waals surface area contributed by atoms with Gasteiger partial charge in [0, 0.05) is 35.1 Å². The minimum absolute atomic E-state index is 0.254. The fourth-order valence-electron chi connectivity index (χ4n) is 3.49. The second-order valence-corrected chi connectivity index (χ2v) is 9.03. The lowest BCUT2D eigenvalue weighted by molar-refractivity contribution is 0.0696. The molecule has 31 heavy (non-hydrogen) atoms. The molecule has 156 valence electrons. The largest absolute Gasteiger partial charge is 0.478 e. The average molecular weight is 452 g/mol. The molecule has 1 fully saturated rings. The lowest BCUT2D eigenvalue weighted by Crippen LogP contribution is -2.02. The van der Waals surface area contributed by atoms with Crippen molar-refractivity contribution in [3.05, 3.63) is 84.1 Å².